The van der Waals surface area contributed by atoms with Crippen LogP contribution in [0, 0.1) is 0 Å². The SMILES string of the molecule is COC(=O)[C@H]1C[C@@H](NC(=O)OC(C)(C)C)CN1.Cl. The van der Waals surface area contributed by atoms with E-state index in [9.17, 15) is 9.59 Å². The van der Waals surface area contributed by atoms with Crippen LogP contribution in [0.1, 0.15) is 27.2 Å². The number of esters is 1. The monoisotopic (exact) mass is 280 g/mol. The molecule has 0 aromatic carbocycles. The largest absolute Gasteiger partial charge is 0.468 e. The third-order valence-electron chi connectivity index (χ3n) is 2.34. The minimum Gasteiger partial charge on any atom is -0.468 e. The summed E-state index contributed by atoms with van der Waals surface area (Å²) in [6.45, 7) is 5.95. The Morgan fingerprint density at radius 2 is 1.94 bits per heavy atom. The molecule has 106 valence electrons. The molecule has 0 aliphatic carbocycles. The lowest BCUT2D eigenvalue weighted by Gasteiger charge is -2.21. The molecule has 0 saturated carbocycles. The Bertz CT molecular complexity index is 304. The van der Waals surface area contributed by atoms with Crippen molar-refractivity contribution in [3.63, 3.8) is 0 Å². The van der Waals surface area contributed by atoms with E-state index < -0.39 is 11.7 Å². The number of amides is 1. The molecule has 2 N–H and O–H groups in total. The van der Waals surface area contributed by atoms with Crippen molar-refractivity contribution in [2.24, 2.45) is 0 Å². The van der Waals surface area contributed by atoms with Crippen molar-refractivity contribution in [3.8, 4) is 0 Å². The third kappa shape index (κ3) is 5.55. The first-order valence-electron chi connectivity index (χ1n) is 5.62. The molecule has 18 heavy (non-hydrogen) atoms. The number of nitrogens with one attached hydrogen (secondary N) is 2. The molecule has 1 heterocycles. The maximum absolute atomic E-state index is 11.5. The summed E-state index contributed by atoms with van der Waals surface area (Å²) in [6.07, 6.45) is 0.0566. The van der Waals surface area contributed by atoms with E-state index in [-0.39, 0.29) is 30.5 Å². The number of methoxy groups -OCH3 is 1. The van der Waals surface area contributed by atoms with Crippen LogP contribution in [-0.2, 0) is 14.3 Å². The molecule has 1 fully saturated rings. The van der Waals surface area contributed by atoms with E-state index in [1.165, 1.54) is 7.11 Å². The first-order chi connectivity index (χ1) is 7.81. The normalized spacial score (nSPS) is 22.9. The lowest BCUT2D eigenvalue weighted by atomic mass is 10.2. The van der Waals surface area contributed by atoms with Crippen LogP contribution in [0.3, 0.4) is 0 Å². The molecule has 7 heteroatoms. The molecule has 1 amide bonds. The lowest BCUT2D eigenvalue weighted by Crippen LogP contribution is -2.40. The number of carbonyl (C=O) groups excluding carboxylic acids is 2. The highest BCUT2D eigenvalue weighted by Crippen LogP contribution is 2.10. The molecule has 1 aliphatic heterocycles. The maximum Gasteiger partial charge on any atom is 0.407 e. The van der Waals surface area contributed by atoms with Crippen molar-refractivity contribution in [1.29, 1.82) is 0 Å². The van der Waals surface area contributed by atoms with E-state index in [1.807, 2.05) is 0 Å². The Balaban J connectivity index is 0.00000289. The molecular weight excluding hydrogens is 260 g/mol. The average Bonchev–Trinajstić information content (AvgIpc) is 2.62. The predicted molar refractivity (Wildman–Crippen MR) is 68.8 cm³/mol. The van der Waals surface area contributed by atoms with E-state index in [1.54, 1.807) is 20.8 Å². The van der Waals surface area contributed by atoms with E-state index in [4.69, 9.17) is 4.74 Å². The van der Waals surface area contributed by atoms with Gasteiger partial charge in [0.1, 0.15) is 11.6 Å². The molecule has 2 atom stereocenters. The summed E-state index contributed by atoms with van der Waals surface area (Å²) in [5.74, 6) is -0.307. The average molecular weight is 281 g/mol. The van der Waals surface area contributed by atoms with Gasteiger partial charge in [0.25, 0.3) is 0 Å². The van der Waals surface area contributed by atoms with Crippen molar-refractivity contribution < 1.29 is 19.1 Å². The molecule has 6 nitrogen and oxygen atoms in total. The summed E-state index contributed by atoms with van der Waals surface area (Å²) in [5, 5.41) is 5.69. The van der Waals surface area contributed by atoms with Crippen LogP contribution >= 0.6 is 12.4 Å². The van der Waals surface area contributed by atoms with Crippen molar-refractivity contribution in [2.45, 2.75) is 44.9 Å². The third-order valence-corrected chi connectivity index (χ3v) is 2.34. The van der Waals surface area contributed by atoms with Gasteiger partial charge in [0.2, 0.25) is 0 Å². The molecule has 1 aliphatic rings. The fraction of sp³-hybridized carbons (Fsp3) is 0.818. The quantitative estimate of drug-likeness (QED) is 0.733. The van der Waals surface area contributed by atoms with Gasteiger partial charge >= 0.3 is 12.1 Å². The van der Waals surface area contributed by atoms with Crippen LogP contribution in [-0.4, -0.2) is 43.4 Å². The fourth-order valence-corrected chi connectivity index (χ4v) is 1.64. The Hall–Kier alpha value is -1.01. The molecule has 1 saturated heterocycles. The van der Waals surface area contributed by atoms with Crippen LogP contribution in [0.2, 0.25) is 0 Å². The minimum absolute atomic E-state index is 0. The van der Waals surface area contributed by atoms with Crippen LogP contribution in [0.25, 0.3) is 0 Å². The van der Waals surface area contributed by atoms with E-state index >= 15 is 0 Å². The molecule has 0 bridgehead atoms. The maximum atomic E-state index is 11.5. The number of hydrogen-bond donors (Lipinski definition) is 2. The first kappa shape index (κ1) is 17.0. The number of hydrogen-bond acceptors (Lipinski definition) is 5. The summed E-state index contributed by atoms with van der Waals surface area (Å²) in [7, 11) is 1.35. The van der Waals surface area contributed by atoms with Gasteiger partial charge in [-0.1, -0.05) is 0 Å². The minimum atomic E-state index is -0.516. The molecular formula is C11H21ClN2O4. The van der Waals surface area contributed by atoms with Gasteiger partial charge in [0.05, 0.1) is 7.11 Å². The van der Waals surface area contributed by atoms with Crippen molar-refractivity contribution >= 4 is 24.5 Å². The second-order valence-electron chi connectivity index (χ2n) is 5.06. The van der Waals surface area contributed by atoms with Crippen LogP contribution < -0.4 is 10.6 Å². The number of alkyl carbamates (subject to hydrolysis) is 1. The van der Waals surface area contributed by atoms with Gasteiger partial charge in [0, 0.05) is 12.6 Å². The second-order valence-corrected chi connectivity index (χ2v) is 5.06. The summed E-state index contributed by atoms with van der Waals surface area (Å²) in [6, 6.07) is -0.450. The number of carbonyl (C=O) groups is 2. The van der Waals surface area contributed by atoms with E-state index in [0.717, 1.165) is 0 Å². The Labute approximate surface area is 113 Å². The predicted octanol–water partition coefficient (Wildman–Crippen LogP) is 0.836. The van der Waals surface area contributed by atoms with Gasteiger partial charge in [-0.15, -0.1) is 12.4 Å². The van der Waals surface area contributed by atoms with Crippen LogP contribution in [0.5, 0.6) is 0 Å². The van der Waals surface area contributed by atoms with Gasteiger partial charge in [-0.05, 0) is 27.2 Å². The van der Waals surface area contributed by atoms with Gasteiger partial charge in [-0.25, -0.2) is 4.79 Å². The molecule has 0 aromatic rings. The second kappa shape index (κ2) is 6.80. The van der Waals surface area contributed by atoms with Crippen molar-refractivity contribution in [2.75, 3.05) is 13.7 Å². The summed E-state index contributed by atoms with van der Waals surface area (Å²) in [5.41, 5.74) is -0.516. The molecule has 1 rings (SSSR count). The Kier molecular flexibility index (Phi) is 6.42. The fourth-order valence-electron chi connectivity index (χ4n) is 1.64. The zero-order chi connectivity index (χ0) is 13.1. The summed E-state index contributed by atoms with van der Waals surface area (Å²) >= 11 is 0. The highest BCUT2D eigenvalue weighted by atomic mass is 35.5. The van der Waals surface area contributed by atoms with Crippen molar-refractivity contribution in [3.05, 3.63) is 0 Å². The highest BCUT2D eigenvalue weighted by Gasteiger charge is 2.31. The first-order valence-corrected chi connectivity index (χ1v) is 5.62. The summed E-state index contributed by atoms with van der Waals surface area (Å²) in [4.78, 5) is 22.7. The number of ether oxygens (including phenoxy) is 2. The highest BCUT2D eigenvalue weighted by molar-refractivity contribution is 5.85. The van der Waals surface area contributed by atoms with Crippen molar-refractivity contribution in [1.82, 2.24) is 10.6 Å². The standard InChI is InChI=1S/C11H20N2O4.ClH/c1-11(2,3)17-10(15)13-7-5-8(12-6-7)9(14)16-4;/h7-8,12H,5-6H2,1-4H3,(H,13,15);1H/t7-,8-;/m1./s1. The van der Waals surface area contributed by atoms with E-state index in [2.05, 4.69) is 15.4 Å². The number of rotatable bonds is 2. The van der Waals surface area contributed by atoms with Gasteiger partial charge in [0.15, 0.2) is 0 Å². The smallest absolute Gasteiger partial charge is 0.407 e. The topological polar surface area (TPSA) is 76.7 Å². The van der Waals surface area contributed by atoms with Gasteiger partial charge in [-0.3, -0.25) is 4.79 Å². The molecule has 0 unspecified atom stereocenters. The molecule has 0 aromatic heterocycles. The summed E-state index contributed by atoms with van der Waals surface area (Å²) < 4.78 is 9.75. The Morgan fingerprint density at radius 3 is 2.44 bits per heavy atom. The Morgan fingerprint density at radius 1 is 1.33 bits per heavy atom. The molecule has 0 spiro atoms. The van der Waals surface area contributed by atoms with E-state index in [0.29, 0.717) is 13.0 Å². The van der Waals surface area contributed by atoms with Crippen LogP contribution in [0.15, 0.2) is 0 Å². The molecule has 0 radical (unpaired) electrons. The van der Waals surface area contributed by atoms with Gasteiger partial charge in [-0.2, -0.15) is 0 Å². The zero-order valence-electron chi connectivity index (χ0n) is 11.1. The van der Waals surface area contributed by atoms with Gasteiger partial charge < -0.3 is 20.1 Å². The lowest BCUT2D eigenvalue weighted by molar-refractivity contribution is -0.142. The number of halogens is 1. The zero-order valence-corrected chi connectivity index (χ0v) is 11.9. The van der Waals surface area contributed by atoms with Crippen LogP contribution in [0.4, 0.5) is 4.79 Å².